The largest absolute Gasteiger partial charge is 0.497 e. The Kier molecular flexibility index (Phi) is 4.49. The molecule has 2 aromatic carbocycles. The molecule has 0 fully saturated rings. The van der Waals surface area contributed by atoms with Gasteiger partial charge in [-0.05, 0) is 29.8 Å². The lowest BCUT2D eigenvalue weighted by Gasteiger charge is -2.11. The normalized spacial score (nSPS) is 10.8. The highest BCUT2D eigenvalue weighted by Crippen LogP contribution is 2.45. The maximum absolute atomic E-state index is 6.17. The van der Waals surface area contributed by atoms with Gasteiger partial charge < -0.3 is 24.4 Å². The van der Waals surface area contributed by atoms with Crippen LogP contribution in [0.3, 0.4) is 0 Å². The number of nitrogens with zero attached hydrogens (tertiary/aromatic N) is 2. The van der Waals surface area contributed by atoms with E-state index < -0.39 is 0 Å². The van der Waals surface area contributed by atoms with E-state index >= 15 is 0 Å². The summed E-state index contributed by atoms with van der Waals surface area (Å²) in [6.45, 7) is 0. The van der Waals surface area contributed by atoms with Gasteiger partial charge in [-0.25, -0.2) is 9.97 Å². The second-order valence-corrected chi connectivity index (χ2v) is 6.04. The maximum atomic E-state index is 6.17. The number of hydrogen-bond acceptors (Lipinski definition) is 7. The molecule has 0 aliphatic rings. The summed E-state index contributed by atoms with van der Waals surface area (Å²) in [7, 11) is 4.83. The van der Waals surface area contributed by atoms with Crippen LogP contribution in [0.5, 0.6) is 17.2 Å². The highest BCUT2D eigenvalue weighted by molar-refractivity contribution is 6.05. The molecule has 0 aliphatic carbocycles. The van der Waals surface area contributed by atoms with E-state index in [2.05, 4.69) is 9.97 Å². The highest BCUT2D eigenvalue weighted by Gasteiger charge is 2.23. The molecule has 4 rings (SSSR count). The number of ether oxygens (including phenoxy) is 3. The molecule has 2 aromatic heterocycles. The van der Waals surface area contributed by atoms with Crippen molar-refractivity contribution in [3.63, 3.8) is 0 Å². The van der Waals surface area contributed by atoms with Gasteiger partial charge in [0.25, 0.3) is 0 Å². The lowest BCUT2D eigenvalue weighted by Crippen LogP contribution is -1.93. The number of hydrogen-bond donors (Lipinski definition) is 1. The molecular weight excluding hydrogens is 358 g/mol. The zero-order valence-corrected chi connectivity index (χ0v) is 15.7. The maximum Gasteiger partial charge on any atom is 0.232 e. The first kappa shape index (κ1) is 17.7. The van der Waals surface area contributed by atoms with Crippen LogP contribution in [0.2, 0.25) is 0 Å². The van der Waals surface area contributed by atoms with Crippen LogP contribution in [0.1, 0.15) is 0 Å². The minimum absolute atomic E-state index is 0.346. The second-order valence-electron chi connectivity index (χ2n) is 6.04. The van der Waals surface area contributed by atoms with Gasteiger partial charge in [-0.2, -0.15) is 0 Å². The Hall–Kier alpha value is -3.74. The van der Waals surface area contributed by atoms with E-state index in [0.717, 1.165) is 22.4 Å². The number of rotatable bonds is 5. The van der Waals surface area contributed by atoms with Gasteiger partial charge in [-0.1, -0.05) is 12.1 Å². The van der Waals surface area contributed by atoms with Gasteiger partial charge in [0.15, 0.2) is 0 Å². The van der Waals surface area contributed by atoms with E-state index in [9.17, 15) is 0 Å². The summed E-state index contributed by atoms with van der Waals surface area (Å²) in [4.78, 5) is 8.38. The molecule has 142 valence electrons. The lowest BCUT2D eigenvalue weighted by molar-refractivity contribution is 0.394. The van der Waals surface area contributed by atoms with Gasteiger partial charge in [-0.15, -0.1) is 0 Å². The van der Waals surface area contributed by atoms with Crippen molar-refractivity contribution in [2.75, 3.05) is 27.1 Å². The molecule has 28 heavy (non-hydrogen) atoms. The number of furan rings is 1. The van der Waals surface area contributed by atoms with Crippen molar-refractivity contribution in [3.8, 4) is 39.7 Å². The zero-order valence-electron chi connectivity index (χ0n) is 15.7. The Morgan fingerprint density at radius 1 is 0.857 bits per heavy atom. The van der Waals surface area contributed by atoms with Gasteiger partial charge >= 0.3 is 0 Å². The fourth-order valence-corrected chi connectivity index (χ4v) is 3.16. The molecule has 0 saturated heterocycles. The van der Waals surface area contributed by atoms with Crippen molar-refractivity contribution in [3.05, 3.63) is 48.8 Å². The fourth-order valence-electron chi connectivity index (χ4n) is 3.16. The van der Waals surface area contributed by atoms with Gasteiger partial charge in [0.1, 0.15) is 35.2 Å². The molecule has 0 bridgehead atoms. The smallest absolute Gasteiger partial charge is 0.232 e. The number of benzene rings is 2. The Morgan fingerprint density at radius 3 is 2.25 bits per heavy atom. The molecule has 2 N–H and O–H groups in total. The van der Waals surface area contributed by atoms with Crippen LogP contribution in [0.15, 0.2) is 53.2 Å². The van der Waals surface area contributed by atoms with E-state index in [4.69, 9.17) is 24.4 Å². The zero-order chi connectivity index (χ0) is 19.7. The van der Waals surface area contributed by atoms with Gasteiger partial charge in [0, 0.05) is 11.6 Å². The molecule has 0 amide bonds. The third-order valence-corrected chi connectivity index (χ3v) is 4.55. The summed E-state index contributed by atoms with van der Waals surface area (Å²) >= 11 is 0. The molecule has 0 saturated carbocycles. The summed E-state index contributed by atoms with van der Waals surface area (Å²) in [6.07, 6.45) is 1.38. The molecule has 0 spiro atoms. The summed E-state index contributed by atoms with van der Waals surface area (Å²) in [6, 6.07) is 13.2. The van der Waals surface area contributed by atoms with Gasteiger partial charge in [-0.3, -0.25) is 0 Å². The lowest BCUT2D eigenvalue weighted by atomic mass is 9.98. The fraction of sp³-hybridized carbons (Fsp3) is 0.143. The third-order valence-electron chi connectivity index (χ3n) is 4.55. The number of aromatic nitrogens is 2. The predicted octanol–water partition coefficient (Wildman–Crippen LogP) is 4.16. The van der Waals surface area contributed by atoms with Gasteiger partial charge in [0.05, 0.1) is 32.3 Å². The van der Waals surface area contributed by atoms with Crippen molar-refractivity contribution < 1.29 is 18.6 Å². The molecular formula is C21H19N3O4. The molecule has 0 radical (unpaired) electrons. The SMILES string of the molecule is COc1ccc(-c2c(-c3ccc(OC)cc3OC)oc3ncnc(N)c23)cc1. The first-order valence-corrected chi connectivity index (χ1v) is 8.56. The number of nitrogen functional groups attached to an aromatic ring is 1. The van der Waals surface area contributed by atoms with Crippen molar-refractivity contribution in [1.82, 2.24) is 9.97 Å². The average molecular weight is 377 g/mol. The van der Waals surface area contributed by atoms with Gasteiger partial charge in [0.2, 0.25) is 5.71 Å². The predicted molar refractivity (Wildman–Crippen MR) is 107 cm³/mol. The number of anilines is 1. The number of methoxy groups -OCH3 is 3. The average Bonchev–Trinajstić information content (AvgIpc) is 3.14. The second kappa shape index (κ2) is 7.11. The van der Waals surface area contributed by atoms with E-state index in [1.54, 1.807) is 27.4 Å². The van der Waals surface area contributed by atoms with Crippen LogP contribution in [-0.2, 0) is 0 Å². The number of fused-ring (bicyclic) bond motifs is 1. The Labute approximate surface area is 161 Å². The molecule has 7 nitrogen and oxygen atoms in total. The molecule has 0 aliphatic heterocycles. The molecule has 2 heterocycles. The molecule has 0 unspecified atom stereocenters. The minimum Gasteiger partial charge on any atom is -0.497 e. The van der Waals surface area contributed by atoms with Crippen molar-refractivity contribution in [2.45, 2.75) is 0 Å². The van der Waals surface area contributed by atoms with E-state index in [1.165, 1.54) is 6.33 Å². The van der Waals surface area contributed by atoms with Crippen LogP contribution in [0.25, 0.3) is 33.6 Å². The highest BCUT2D eigenvalue weighted by atomic mass is 16.5. The third kappa shape index (κ3) is 2.87. The van der Waals surface area contributed by atoms with Crippen LogP contribution in [-0.4, -0.2) is 31.3 Å². The van der Waals surface area contributed by atoms with Crippen LogP contribution >= 0.6 is 0 Å². The Morgan fingerprint density at radius 2 is 1.57 bits per heavy atom. The van der Waals surface area contributed by atoms with E-state index in [1.807, 2.05) is 36.4 Å². The molecule has 0 atom stereocenters. The summed E-state index contributed by atoms with van der Waals surface area (Å²) < 4.78 is 22.2. The summed E-state index contributed by atoms with van der Waals surface area (Å²) in [5.41, 5.74) is 9.02. The first-order valence-electron chi connectivity index (χ1n) is 8.56. The topological polar surface area (TPSA) is 92.6 Å². The standard InChI is InChI=1S/C21H19N3O4/c1-25-13-6-4-12(5-7-13)17-18-20(22)23-11-24-21(18)28-19(17)15-9-8-14(26-2)10-16(15)27-3/h4-11H,1-3H3,(H2,22,23,24). The van der Waals surface area contributed by atoms with Crippen molar-refractivity contribution in [2.24, 2.45) is 0 Å². The first-order chi connectivity index (χ1) is 13.7. The monoisotopic (exact) mass is 377 g/mol. The van der Waals surface area contributed by atoms with Crippen molar-refractivity contribution >= 4 is 16.9 Å². The quantitative estimate of drug-likeness (QED) is 0.558. The van der Waals surface area contributed by atoms with Crippen LogP contribution in [0.4, 0.5) is 5.82 Å². The summed E-state index contributed by atoms with van der Waals surface area (Å²) in [5.74, 6) is 2.98. The van der Waals surface area contributed by atoms with Crippen LogP contribution < -0.4 is 19.9 Å². The number of nitrogens with two attached hydrogens (primary N) is 1. The van der Waals surface area contributed by atoms with E-state index in [0.29, 0.717) is 34.2 Å². The van der Waals surface area contributed by atoms with E-state index in [-0.39, 0.29) is 0 Å². The van der Waals surface area contributed by atoms with Crippen LogP contribution in [0, 0.1) is 0 Å². The Bertz CT molecular complexity index is 1140. The Balaban J connectivity index is 2.02. The molecule has 4 aromatic rings. The minimum atomic E-state index is 0.346. The van der Waals surface area contributed by atoms with Crippen molar-refractivity contribution in [1.29, 1.82) is 0 Å². The summed E-state index contributed by atoms with van der Waals surface area (Å²) in [5, 5.41) is 0.653. The molecule has 7 heteroatoms.